The maximum absolute atomic E-state index is 5.03. The van der Waals surface area contributed by atoms with Gasteiger partial charge in [0.05, 0.1) is 6.61 Å². The number of rotatable bonds is 5. The molecule has 0 aromatic heterocycles. The van der Waals surface area contributed by atoms with Crippen molar-refractivity contribution in [2.24, 2.45) is 0 Å². The van der Waals surface area contributed by atoms with Crippen molar-refractivity contribution in [1.82, 2.24) is 10.2 Å². The highest BCUT2D eigenvalue weighted by atomic mass is 16.5. The fraction of sp³-hybridized carbons (Fsp3) is 1.00. The van der Waals surface area contributed by atoms with Crippen molar-refractivity contribution in [2.45, 2.75) is 38.8 Å². The van der Waals surface area contributed by atoms with Crippen LogP contribution in [0.25, 0.3) is 0 Å². The summed E-state index contributed by atoms with van der Waals surface area (Å²) in [5.41, 5.74) is 0. The molecule has 0 bridgehead atoms. The molecule has 0 aromatic rings. The summed E-state index contributed by atoms with van der Waals surface area (Å²) in [6.07, 6.45) is 2.56. The van der Waals surface area contributed by atoms with Crippen molar-refractivity contribution >= 4 is 0 Å². The summed E-state index contributed by atoms with van der Waals surface area (Å²) >= 11 is 0. The standard InChI is InChI=1S/C11H24N2O/c1-4-13-7-5-11(9-10(13)2)12-6-8-14-3/h10-12H,4-9H2,1-3H3. The molecule has 3 nitrogen and oxygen atoms in total. The Morgan fingerprint density at radius 2 is 2.29 bits per heavy atom. The minimum atomic E-state index is 0.697. The van der Waals surface area contributed by atoms with E-state index in [9.17, 15) is 0 Å². The van der Waals surface area contributed by atoms with Crippen LogP contribution in [0.2, 0.25) is 0 Å². The molecule has 84 valence electrons. The number of piperidine rings is 1. The van der Waals surface area contributed by atoms with E-state index >= 15 is 0 Å². The van der Waals surface area contributed by atoms with Gasteiger partial charge in [0.25, 0.3) is 0 Å². The highest BCUT2D eigenvalue weighted by Gasteiger charge is 2.23. The molecule has 0 radical (unpaired) electrons. The molecular weight excluding hydrogens is 176 g/mol. The number of hydrogen-bond donors (Lipinski definition) is 1. The van der Waals surface area contributed by atoms with Crippen LogP contribution in [0, 0.1) is 0 Å². The van der Waals surface area contributed by atoms with E-state index in [1.165, 1.54) is 25.9 Å². The van der Waals surface area contributed by atoms with Crippen molar-refractivity contribution in [3.8, 4) is 0 Å². The lowest BCUT2D eigenvalue weighted by Crippen LogP contribution is -2.47. The molecule has 1 N–H and O–H groups in total. The number of hydrogen-bond acceptors (Lipinski definition) is 3. The molecule has 0 aromatic carbocycles. The van der Waals surface area contributed by atoms with Gasteiger partial charge in [-0.25, -0.2) is 0 Å². The molecule has 0 amide bonds. The third-order valence-electron chi connectivity index (χ3n) is 3.16. The molecular formula is C11H24N2O. The van der Waals surface area contributed by atoms with Crippen molar-refractivity contribution < 1.29 is 4.74 Å². The Morgan fingerprint density at radius 1 is 1.50 bits per heavy atom. The number of ether oxygens (including phenoxy) is 1. The molecule has 0 spiro atoms. The summed E-state index contributed by atoms with van der Waals surface area (Å²) < 4.78 is 5.03. The minimum absolute atomic E-state index is 0.697. The summed E-state index contributed by atoms with van der Waals surface area (Å²) in [7, 11) is 1.75. The average Bonchev–Trinajstić information content (AvgIpc) is 2.18. The predicted molar refractivity (Wildman–Crippen MR) is 59.6 cm³/mol. The van der Waals surface area contributed by atoms with Gasteiger partial charge < -0.3 is 15.0 Å². The topological polar surface area (TPSA) is 24.5 Å². The first-order valence-corrected chi connectivity index (χ1v) is 5.74. The Hall–Kier alpha value is -0.120. The van der Waals surface area contributed by atoms with Gasteiger partial charge in [0, 0.05) is 25.7 Å². The molecule has 1 fully saturated rings. The summed E-state index contributed by atoms with van der Waals surface area (Å²) in [5.74, 6) is 0. The smallest absolute Gasteiger partial charge is 0.0587 e. The van der Waals surface area contributed by atoms with Gasteiger partial charge in [-0.15, -0.1) is 0 Å². The Kier molecular flexibility index (Phi) is 5.45. The zero-order valence-electron chi connectivity index (χ0n) is 9.75. The molecule has 1 aliphatic rings. The van der Waals surface area contributed by atoms with E-state index in [1.54, 1.807) is 7.11 Å². The molecule has 14 heavy (non-hydrogen) atoms. The van der Waals surface area contributed by atoms with E-state index in [4.69, 9.17) is 4.74 Å². The van der Waals surface area contributed by atoms with Crippen molar-refractivity contribution in [2.75, 3.05) is 33.4 Å². The molecule has 1 saturated heterocycles. The van der Waals surface area contributed by atoms with Crippen LogP contribution in [0.15, 0.2) is 0 Å². The largest absolute Gasteiger partial charge is 0.383 e. The molecule has 3 heteroatoms. The van der Waals surface area contributed by atoms with Crippen LogP contribution in [0.3, 0.4) is 0 Å². The first kappa shape index (κ1) is 12.0. The van der Waals surface area contributed by atoms with E-state index in [1.807, 2.05) is 0 Å². The number of nitrogens with one attached hydrogen (secondary N) is 1. The van der Waals surface area contributed by atoms with Crippen LogP contribution in [0.4, 0.5) is 0 Å². The Labute approximate surface area is 87.8 Å². The highest BCUT2D eigenvalue weighted by molar-refractivity contribution is 4.82. The van der Waals surface area contributed by atoms with E-state index in [0.717, 1.165) is 19.2 Å². The Morgan fingerprint density at radius 3 is 2.86 bits per heavy atom. The maximum atomic E-state index is 5.03. The van der Waals surface area contributed by atoms with Gasteiger partial charge in [-0.3, -0.25) is 0 Å². The van der Waals surface area contributed by atoms with E-state index in [2.05, 4.69) is 24.1 Å². The van der Waals surface area contributed by atoms with Crippen molar-refractivity contribution in [3.63, 3.8) is 0 Å². The lowest BCUT2D eigenvalue weighted by Gasteiger charge is -2.37. The molecule has 2 atom stereocenters. The molecule has 0 aliphatic carbocycles. The second-order valence-electron chi connectivity index (χ2n) is 4.15. The second-order valence-corrected chi connectivity index (χ2v) is 4.15. The fourth-order valence-corrected chi connectivity index (χ4v) is 2.24. The third-order valence-corrected chi connectivity index (χ3v) is 3.16. The third kappa shape index (κ3) is 3.56. The zero-order chi connectivity index (χ0) is 10.4. The van der Waals surface area contributed by atoms with Crippen molar-refractivity contribution in [3.05, 3.63) is 0 Å². The van der Waals surface area contributed by atoms with Crippen LogP contribution in [0.1, 0.15) is 26.7 Å². The summed E-state index contributed by atoms with van der Waals surface area (Å²) in [6.45, 7) is 8.81. The average molecular weight is 200 g/mol. The molecule has 2 unspecified atom stereocenters. The van der Waals surface area contributed by atoms with E-state index in [0.29, 0.717) is 6.04 Å². The fourth-order valence-electron chi connectivity index (χ4n) is 2.24. The molecule has 1 aliphatic heterocycles. The van der Waals surface area contributed by atoms with Crippen LogP contribution >= 0.6 is 0 Å². The number of nitrogens with zero attached hydrogens (tertiary/aromatic N) is 1. The van der Waals surface area contributed by atoms with E-state index < -0.39 is 0 Å². The minimum Gasteiger partial charge on any atom is -0.383 e. The summed E-state index contributed by atoms with van der Waals surface area (Å²) in [5, 5.41) is 3.55. The highest BCUT2D eigenvalue weighted by Crippen LogP contribution is 2.16. The number of methoxy groups -OCH3 is 1. The van der Waals surface area contributed by atoms with Gasteiger partial charge >= 0.3 is 0 Å². The lowest BCUT2D eigenvalue weighted by molar-refractivity contribution is 0.135. The van der Waals surface area contributed by atoms with E-state index in [-0.39, 0.29) is 0 Å². The van der Waals surface area contributed by atoms with Crippen LogP contribution in [0.5, 0.6) is 0 Å². The van der Waals surface area contributed by atoms with Crippen LogP contribution < -0.4 is 5.32 Å². The van der Waals surface area contributed by atoms with Gasteiger partial charge in [0.2, 0.25) is 0 Å². The maximum Gasteiger partial charge on any atom is 0.0587 e. The van der Waals surface area contributed by atoms with Gasteiger partial charge in [-0.1, -0.05) is 6.92 Å². The number of likely N-dealkylation sites (tertiary alicyclic amines) is 1. The molecule has 1 heterocycles. The van der Waals surface area contributed by atoms with Gasteiger partial charge in [-0.05, 0) is 32.9 Å². The van der Waals surface area contributed by atoms with Gasteiger partial charge in [0.15, 0.2) is 0 Å². The van der Waals surface area contributed by atoms with Gasteiger partial charge in [-0.2, -0.15) is 0 Å². The first-order valence-electron chi connectivity index (χ1n) is 5.74. The van der Waals surface area contributed by atoms with Crippen LogP contribution in [-0.4, -0.2) is 50.3 Å². The quantitative estimate of drug-likeness (QED) is 0.673. The van der Waals surface area contributed by atoms with Crippen LogP contribution in [-0.2, 0) is 4.74 Å². The van der Waals surface area contributed by atoms with Crippen molar-refractivity contribution in [1.29, 1.82) is 0 Å². The normalized spacial score (nSPS) is 29.4. The first-order chi connectivity index (χ1) is 6.77. The Bertz CT molecular complexity index is 150. The zero-order valence-corrected chi connectivity index (χ0v) is 9.75. The predicted octanol–water partition coefficient (Wildman–Crippen LogP) is 1.10. The lowest BCUT2D eigenvalue weighted by atomic mass is 9.98. The Balaban J connectivity index is 2.18. The monoisotopic (exact) mass is 200 g/mol. The summed E-state index contributed by atoms with van der Waals surface area (Å²) in [4.78, 5) is 2.55. The van der Waals surface area contributed by atoms with Gasteiger partial charge in [0.1, 0.15) is 0 Å². The molecule has 1 rings (SSSR count). The molecule has 0 saturated carbocycles. The second kappa shape index (κ2) is 6.38. The SMILES string of the molecule is CCN1CCC(NCCOC)CC1C. The summed E-state index contributed by atoms with van der Waals surface area (Å²) in [6, 6.07) is 1.43.